The van der Waals surface area contributed by atoms with Crippen LogP contribution in [0.1, 0.15) is 25.7 Å². The molecular formula is C13H19NO3S. The van der Waals surface area contributed by atoms with Crippen LogP contribution < -0.4 is 0 Å². The summed E-state index contributed by atoms with van der Waals surface area (Å²) < 4.78 is 17.3. The van der Waals surface area contributed by atoms with E-state index in [-0.39, 0.29) is 5.75 Å². The molecule has 5 heteroatoms. The number of rotatable bonds is 5. The average molecular weight is 269 g/mol. The van der Waals surface area contributed by atoms with Gasteiger partial charge in [-0.1, -0.05) is 12.8 Å². The molecule has 1 saturated carbocycles. The van der Waals surface area contributed by atoms with E-state index < -0.39 is 11.1 Å². The summed E-state index contributed by atoms with van der Waals surface area (Å²) in [6.07, 6.45) is 5.05. The second-order valence-electron chi connectivity index (χ2n) is 4.76. The van der Waals surface area contributed by atoms with Gasteiger partial charge in [0.2, 0.25) is 11.1 Å². The molecule has 0 spiro atoms. The van der Waals surface area contributed by atoms with Crippen molar-refractivity contribution >= 4 is 11.1 Å². The van der Waals surface area contributed by atoms with Gasteiger partial charge in [-0.05, 0) is 43.0 Å². The summed E-state index contributed by atoms with van der Waals surface area (Å²) >= 11 is -1.51. The van der Waals surface area contributed by atoms with Crippen LogP contribution in [0.25, 0.3) is 0 Å². The molecule has 0 heterocycles. The summed E-state index contributed by atoms with van der Waals surface area (Å²) in [7, 11) is 1.82. The lowest BCUT2D eigenvalue weighted by atomic mass is 10.1. The number of phenolic OH excluding ortho intramolecular Hbond substituents is 1. The summed E-state index contributed by atoms with van der Waals surface area (Å²) in [6, 6.07) is 6.23. The second-order valence-corrected chi connectivity index (χ2v) is 5.85. The lowest BCUT2D eigenvalue weighted by Gasteiger charge is -2.18. The van der Waals surface area contributed by atoms with Gasteiger partial charge in [-0.3, -0.25) is 0 Å². The summed E-state index contributed by atoms with van der Waals surface area (Å²) in [5.41, 5.74) is 0. The molecule has 0 bridgehead atoms. The summed E-state index contributed by atoms with van der Waals surface area (Å²) in [4.78, 5) is 0.561. The molecule has 4 nitrogen and oxygen atoms in total. The first-order valence-electron chi connectivity index (χ1n) is 6.25. The van der Waals surface area contributed by atoms with Crippen molar-refractivity contribution in [2.45, 2.75) is 30.6 Å². The van der Waals surface area contributed by atoms with Crippen molar-refractivity contribution in [1.29, 1.82) is 0 Å². The van der Waals surface area contributed by atoms with Gasteiger partial charge < -0.3 is 5.11 Å². The highest BCUT2D eigenvalue weighted by Crippen LogP contribution is 2.25. The maximum Gasteiger partial charge on any atom is 0.206 e. The molecular weight excluding hydrogens is 250 g/mol. The highest BCUT2D eigenvalue weighted by molar-refractivity contribution is 7.80. The lowest BCUT2D eigenvalue weighted by molar-refractivity contribution is -0.0293. The van der Waals surface area contributed by atoms with Crippen molar-refractivity contribution in [3.05, 3.63) is 24.3 Å². The monoisotopic (exact) mass is 269 g/mol. The van der Waals surface area contributed by atoms with Gasteiger partial charge in [0, 0.05) is 13.6 Å². The molecule has 1 N–H and O–H groups in total. The van der Waals surface area contributed by atoms with Crippen molar-refractivity contribution in [1.82, 2.24) is 5.06 Å². The van der Waals surface area contributed by atoms with Crippen LogP contribution >= 0.6 is 0 Å². The number of hydroxylamine groups is 2. The van der Waals surface area contributed by atoms with Crippen molar-refractivity contribution in [2.24, 2.45) is 5.92 Å². The smallest absolute Gasteiger partial charge is 0.206 e. The molecule has 0 radical (unpaired) electrons. The summed E-state index contributed by atoms with van der Waals surface area (Å²) in [5, 5.41) is 10.8. The van der Waals surface area contributed by atoms with E-state index in [1.54, 1.807) is 17.2 Å². The molecule has 2 rings (SSSR count). The number of hydrogen-bond donors (Lipinski definition) is 1. The van der Waals surface area contributed by atoms with E-state index in [1.165, 1.54) is 37.8 Å². The van der Waals surface area contributed by atoms with Crippen LogP contribution in [0.4, 0.5) is 0 Å². The third kappa shape index (κ3) is 3.80. The van der Waals surface area contributed by atoms with Crippen molar-refractivity contribution in [2.75, 3.05) is 13.6 Å². The molecule has 1 aliphatic carbocycles. The van der Waals surface area contributed by atoms with E-state index in [0.717, 1.165) is 6.54 Å². The van der Waals surface area contributed by atoms with Gasteiger partial charge in [0.25, 0.3) is 0 Å². The van der Waals surface area contributed by atoms with Gasteiger partial charge >= 0.3 is 0 Å². The quantitative estimate of drug-likeness (QED) is 0.834. The van der Waals surface area contributed by atoms with E-state index in [0.29, 0.717) is 10.8 Å². The van der Waals surface area contributed by atoms with Crippen molar-refractivity contribution in [3.63, 3.8) is 0 Å². The maximum absolute atomic E-state index is 11.9. The van der Waals surface area contributed by atoms with Crippen LogP contribution in [0, 0.1) is 5.92 Å². The van der Waals surface area contributed by atoms with Crippen LogP contribution in [-0.2, 0) is 15.4 Å². The highest BCUT2D eigenvalue weighted by atomic mass is 32.2. The van der Waals surface area contributed by atoms with Gasteiger partial charge in [0.1, 0.15) is 5.75 Å². The third-order valence-corrected chi connectivity index (χ3v) is 4.26. The molecule has 1 atom stereocenters. The van der Waals surface area contributed by atoms with Crippen LogP contribution in [0.5, 0.6) is 5.75 Å². The fraction of sp³-hybridized carbons (Fsp3) is 0.538. The zero-order valence-corrected chi connectivity index (χ0v) is 11.4. The Morgan fingerprint density at radius 3 is 2.56 bits per heavy atom. The lowest BCUT2D eigenvalue weighted by Crippen LogP contribution is -2.25. The average Bonchev–Trinajstić information content (AvgIpc) is 2.82. The fourth-order valence-electron chi connectivity index (χ4n) is 2.30. The first-order chi connectivity index (χ1) is 8.65. The number of phenols is 1. The SMILES string of the molecule is CN(CC1CCCC1)OS(=O)c1ccc(O)cc1. The Hall–Kier alpha value is -0.910. The number of benzene rings is 1. The first kappa shape index (κ1) is 13.5. The summed E-state index contributed by atoms with van der Waals surface area (Å²) in [5.74, 6) is 0.821. The molecule has 0 amide bonds. The second kappa shape index (κ2) is 6.31. The topological polar surface area (TPSA) is 49.8 Å². The van der Waals surface area contributed by atoms with Gasteiger partial charge in [0.15, 0.2) is 0 Å². The molecule has 0 aliphatic heterocycles. The zero-order chi connectivity index (χ0) is 13.0. The third-order valence-electron chi connectivity index (χ3n) is 3.21. The Balaban J connectivity index is 1.84. The molecule has 1 unspecified atom stereocenters. The highest BCUT2D eigenvalue weighted by Gasteiger charge is 2.18. The van der Waals surface area contributed by atoms with Gasteiger partial charge in [-0.15, -0.1) is 0 Å². The molecule has 1 aromatic rings. The Morgan fingerprint density at radius 2 is 1.94 bits per heavy atom. The van der Waals surface area contributed by atoms with E-state index in [9.17, 15) is 4.21 Å². The number of aromatic hydroxyl groups is 1. The Bertz CT molecular complexity index is 401. The van der Waals surface area contributed by atoms with E-state index >= 15 is 0 Å². The Kier molecular flexibility index (Phi) is 4.74. The van der Waals surface area contributed by atoms with E-state index in [2.05, 4.69) is 0 Å². The van der Waals surface area contributed by atoms with Gasteiger partial charge in [-0.25, -0.2) is 4.21 Å². The molecule has 1 fully saturated rings. The Morgan fingerprint density at radius 1 is 1.33 bits per heavy atom. The van der Waals surface area contributed by atoms with Crippen LogP contribution in [0.15, 0.2) is 29.2 Å². The van der Waals surface area contributed by atoms with Gasteiger partial charge in [-0.2, -0.15) is 9.35 Å². The molecule has 1 aromatic carbocycles. The first-order valence-corrected chi connectivity index (χ1v) is 7.33. The predicted molar refractivity (Wildman–Crippen MR) is 70.2 cm³/mol. The minimum atomic E-state index is -1.51. The molecule has 0 aromatic heterocycles. The fourth-order valence-corrected chi connectivity index (χ4v) is 3.04. The van der Waals surface area contributed by atoms with E-state index in [1.807, 2.05) is 7.05 Å². The van der Waals surface area contributed by atoms with Crippen molar-refractivity contribution in [3.8, 4) is 5.75 Å². The minimum absolute atomic E-state index is 0.162. The molecule has 18 heavy (non-hydrogen) atoms. The van der Waals surface area contributed by atoms with Crippen LogP contribution in [0.2, 0.25) is 0 Å². The normalized spacial score (nSPS) is 18.3. The van der Waals surface area contributed by atoms with Crippen molar-refractivity contribution < 1.29 is 13.6 Å². The predicted octanol–water partition coefficient (Wildman–Crippen LogP) is 2.47. The van der Waals surface area contributed by atoms with Crippen LogP contribution in [0.3, 0.4) is 0 Å². The molecule has 0 saturated heterocycles. The standard InChI is InChI=1S/C13H19NO3S/c1-14(10-11-4-2-3-5-11)17-18(16)13-8-6-12(15)7-9-13/h6-9,11,15H,2-5,10H2,1H3. The Labute approximate surface area is 110 Å². The number of hydrogen-bond acceptors (Lipinski definition) is 4. The largest absolute Gasteiger partial charge is 0.508 e. The molecule has 100 valence electrons. The zero-order valence-electron chi connectivity index (χ0n) is 10.5. The molecule has 1 aliphatic rings. The van der Waals surface area contributed by atoms with Crippen LogP contribution in [-0.4, -0.2) is 28.0 Å². The van der Waals surface area contributed by atoms with E-state index in [4.69, 9.17) is 9.39 Å². The van der Waals surface area contributed by atoms with Gasteiger partial charge in [0.05, 0.1) is 4.90 Å². The number of nitrogens with zero attached hydrogens (tertiary/aromatic N) is 1. The minimum Gasteiger partial charge on any atom is -0.508 e. The summed E-state index contributed by atoms with van der Waals surface area (Å²) in [6.45, 7) is 0.823. The maximum atomic E-state index is 11.9.